The average molecular weight is 527 g/mol. The summed E-state index contributed by atoms with van der Waals surface area (Å²) < 4.78 is 3.80. The lowest BCUT2D eigenvalue weighted by molar-refractivity contribution is 1.16. The van der Waals surface area contributed by atoms with Crippen molar-refractivity contribution in [2.75, 3.05) is 0 Å². The third-order valence-corrected chi connectivity index (χ3v) is 6.76. The Morgan fingerprint density at radius 1 is 1.24 bits per heavy atom. The number of hydrogen-bond acceptors (Lipinski definition) is 1. The van der Waals surface area contributed by atoms with Gasteiger partial charge in [-0.25, -0.2) is 0 Å². The minimum absolute atomic E-state index is 0.173. The van der Waals surface area contributed by atoms with Crippen molar-refractivity contribution in [1.82, 2.24) is 0 Å². The van der Waals surface area contributed by atoms with Gasteiger partial charge in [-0.15, -0.1) is 22.9 Å². The molecular weight excluding hydrogens is 522 g/mol. The number of thiophene rings is 1. The summed E-state index contributed by atoms with van der Waals surface area (Å²) in [4.78, 5) is 1.04. The summed E-state index contributed by atoms with van der Waals surface area (Å²) in [7, 11) is 0. The first kappa shape index (κ1) is 14.6. The van der Waals surface area contributed by atoms with Crippen LogP contribution in [0.5, 0.6) is 0 Å². The maximum absolute atomic E-state index is 6.50. The lowest BCUT2D eigenvalue weighted by Crippen LogP contribution is -1.93. The van der Waals surface area contributed by atoms with Crippen LogP contribution in [0.3, 0.4) is 0 Å². The highest BCUT2D eigenvalue weighted by molar-refractivity contribution is 14.1. The Bertz CT molecular complexity index is 537. The Hall–Kier alpha value is 1.19. The van der Waals surface area contributed by atoms with E-state index in [1.165, 1.54) is 11.3 Å². The van der Waals surface area contributed by atoms with Crippen LogP contribution < -0.4 is 0 Å². The minimum atomic E-state index is -0.173. The largest absolute Gasteiger partial charge is 0.125 e. The highest BCUT2D eigenvalue weighted by Gasteiger charge is 2.18. The van der Waals surface area contributed by atoms with E-state index in [-0.39, 0.29) is 5.38 Å². The topological polar surface area (TPSA) is 0 Å². The highest BCUT2D eigenvalue weighted by atomic mass is 127. The van der Waals surface area contributed by atoms with Crippen molar-refractivity contribution in [2.24, 2.45) is 0 Å². The van der Waals surface area contributed by atoms with Gasteiger partial charge in [0.05, 0.1) is 5.38 Å². The van der Waals surface area contributed by atoms with E-state index in [2.05, 4.69) is 54.5 Å². The van der Waals surface area contributed by atoms with Crippen molar-refractivity contribution in [3.63, 3.8) is 0 Å². The average Bonchev–Trinajstić information content (AvgIpc) is 2.62. The zero-order chi connectivity index (χ0) is 12.6. The van der Waals surface area contributed by atoms with E-state index in [1.54, 1.807) is 0 Å². The van der Waals surface area contributed by atoms with Gasteiger partial charge in [0.2, 0.25) is 0 Å². The van der Waals surface area contributed by atoms with Crippen LogP contribution in [0, 0.1) is 3.57 Å². The zero-order valence-corrected chi connectivity index (χ0v) is 15.8. The van der Waals surface area contributed by atoms with Crippen LogP contribution in [0.15, 0.2) is 33.2 Å². The van der Waals surface area contributed by atoms with Crippen LogP contribution in [0.2, 0.25) is 4.34 Å². The fourth-order valence-electron chi connectivity index (χ4n) is 1.35. The van der Waals surface area contributed by atoms with E-state index in [0.717, 1.165) is 27.3 Å². The third kappa shape index (κ3) is 3.39. The van der Waals surface area contributed by atoms with Gasteiger partial charge in [0.1, 0.15) is 4.34 Å². The molecule has 1 aromatic carbocycles. The molecule has 90 valence electrons. The van der Waals surface area contributed by atoms with Gasteiger partial charge in [0.25, 0.3) is 0 Å². The SMILES string of the molecule is Clc1sc(C(Cl)c2cc(Br)ccc2I)cc1Br. The summed E-state index contributed by atoms with van der Waals surface area (Å²) in [5.41, 5.74) is 1.09. The van der Waals surface area contributed by atoms with E-state index in [9.17, 15) is 0 Å². The van der Waals surface area contributed by atoms with Crippen LogP contribution in [0.4, 0.5) is 0 Å². The van der Waals surface area contributed by atoms with Crippen LogP contribution in [0.1, 0.15) is 15.8 Å². The zero-order valence-electron chi connectivity index (χ0n) is 8.18. The number of benzene rings is 1. The van der Waals surface area contributed by atoms with Crippen molar-refractivity contribution in [1.29, 1.82) is 0 Å². The van der Waals surface area contributed by atoms with Gasteiger partial charge in [-0.1, -0.05) is 27.5 Å². The van der Waals surface area contributed by atoms with E-state index in [4.69, 9.17) is 23.2 Å². The Labute approximate surface area is 144 Å². The molecule has 0 N–H and O–H groups in total. The van der Waals surface area contributed by atoms with E-state index < -0.39 is 0 Å². The van der Waals surface area contributed by atoms with Gasteiger partial charge in [-0.3, -0.25) is 0 Å². The van der Waals surface area contributed by atoms with Gasteiger partial charge < -0.3 is 0 Å². The van der Waals surface area contributed by atoms with Crippen LogP contribution >= 0.6 is 89.0 Å². The van der Waals surface area contributed by atoms with Gasteiger partial charge in [0, 0.05) is 17.4 Å². The Morgan fingerprint density at radius 3 is 2.53 bits per heavy atom. The van der Waals surface area contributed by atoms with E-state index >= 15 is 0 Å². The van der Waals surface area contributed by atoms with Crippen molar-refractivity contribution >= 4 is 89.0 Å². The molecule has 1 aromatic heterocycles. The summed E-state index contributed by atoms with van der Waals surface area (Å²) in [6.45, 7) is 0. The molecule has 0 bridgehead atoms. The first-order valence-electron chi connectivity index (χ1n) is 4.53. The second-order valence-corrected chi connectivity index (χ2v) is 8.35. The molecule has 1 heterocycles. The maximum atomic E-state index is 6.50. The Balaban J connectivity index is 2.42. The fraction of sp³-hybridized carbons (Fsp3) is 0.0909. The number of hydrogen-bond donors (Lipinski definition) is 0. The standard InChI is InChI=1S/C11H5Br2Cl2IS/c12-5-1-2-8(16)6(3-5)10(14)9-4-7(13)11(15)17-9/h1-4,10H. The molecule has 0 spiro atoms. The Kier molecular flexibility index (Phi) is 5.23. The third-order valence-electron chi connectivity index (χ3n) is 2.15. The molecule has 0 amide bonds. The number of rotatable bonds is 2. The molecule has 0 aliphatic heterocycles. The number of alkyl halides is 1. The quantitative estimate of drug-likeness (QED) is 0.296. The Morgan fingerprint density at radius 2 is 1.94 bits per heavy atom. The van der Waals surface area contributed by atoms with Crippen molar-refractivity contribution < 1.29 is 0 Å². The summed E-state index contributed by atoms with van der Waals surface area (Å²) in [6, 6.07) is 8.06. The van der Waals surface area contributed by atoms with E-state index in [0.29, 0.717) is 0 Å². The maximum Gasteiger partial charge on any atom is 0.107 e. The molecule has 2 aromatic rings. The van der Waals surface area contributed by atoms with Crippen molar-refractivity contribution in [2.45, 2.75) is 5.38 Å². The lowest BCUT2D eigenvalue weighted by Gasteiger charge is -2.10. The molecule has 0 saturated carbocycles. The molecule has 0 fully saturated rings. The van der Waals surface area contributed by atoms with Gasteiger partial charge >= 0.3 is 0 Å². The molecule has 6 heteroatoms. The molecule has 0 saturated heterocycles. The molecule has 2 rings (SSSR count). The van der Waals surface area contributed by atoms with Crippen LogP contribution in [-0.2, 0) is 0 Å². The molecule has 0 radical (unpaired) electrons. The van der Waals surface area contributed by atoms with Crippen LogP contribution in [0.25, 0.3) is 0 Å². The highest BCUT2D eigenvalue weighted by Crippen LogP contribution is 2.41. The molecule has 0 aliphatic carbocycles. The first-order valence-corrected chi connectivity index (χ1v) is 8.82. The van der Waals surface area contributed by atoms with Crippen molar-refractivity contribution in [3.8, 4) is 0 Å². The van der Waals surface area contributed by atoms with Gasteiger partial charge in [-0.2, -0.15) is 0 Å². The summed E-state index contributed by atoms with van der Waals surface area (Å²) in [5.74, 6) is 0. The monoisotopic (exact) mass is 524 g/mol. The summed E-state index contributed by atoms with van der Waals surface area (Å²) >= 11 is 23.2. The second-order valence-electron chi connectivity index (χ2n) is 3.30. The van der Waals surface area contributed by atoms with Crippen molar-refractivity contribution in [3.05, 3.63) is 51.6 Å². The molecule has 0 nitrogen and oxygen atoms in total. The molecular formula is C11H5Br2Cl2IS. The fourth-order valence-corrected chi connectivity index (χ4v) is 4.67. The first-order chi connectivity index (χ1) is 7.99. The smallest absolute Gasteiger partial charge is 0.107 e. The summed E-state index contributed by atoms with van der Waals surface area (Å²) in [6.07, 6.45) is 0. The minimum Gasteiger partial charge on any atom is -0.125 e. The van der Waals surface area contributed by atoms with Gasteiger partial charge in [0.15, 0.2) is 0 Å². The predicted molar refractivity (Wildman–Crippen MR) is 91.6 cm³/mol. The van der Waals surface area contributed by atoms with Crippen LogP contribution in [-0.4, -0.2) is 0 Å². The lowest BCUT2D eigenvalue weighted by atomic mass is 10.1. The second kappa shape index (κ2) is 6.09. The number of halogens is 5. The molecule has 0 aliphatic rings. The molecule has 17 heavy (non-hydrogen) atoms. The predicted octanol–water partition coefficient (Wildman–Crippen LogP) is 6.86. The normalized spacial score (nSPS) is 12.8. The molecule has 1 unspecified atom stereocenters. The van der Waals surface area contributed by atoms with Gasteiger partial charge in [-0.05, 0) is 68.3 Å². The summed E-state index contributed by atoms with van der Waals surface area (Å²) in [5, 5.41) is -0.173. The van der Waals surface area contributed by atoms with E-state index in [1.807, 2.05) is 24.3 Å². The molecule has 1 atom stereocenters.